The van der Waals surface area contributed by atoms with Gasteiger partial charge in [0, 0.05) is 66.1 Å². The Bertz CT molecular complexity index is 1040. The van der Waals surface area contributed by atoms with Gasteiger partial charge in [0.2, 0.25) is 0 Å². The maximum atomic E-state index is 12.9. The van der Waals surface area contributed by atoms with Crippen molar-refractivity contribution < 1.29 is 9.59 Å². The molecule has 3 heterocycles. The molecule has 1 fully saturated rings. The van der Waals surface area contributed by atoms with Gasteiger partial charge < -0.3 is 16.0 Å². The first kappa shape index (κ1) is 21.6. The summed E-state index contributed by atoms with van der Waals surface area (Å²) >= 11 is 9.42. The maximum absolute atomic E-state index is 12.9. The fourth-order valence-electron chi connectivity index (χ4n) is 3.83. The molecule has 0 spiro atoms. The van der Waals surface area contributed by atoms with Crippen molar-refractivity contribution in [3.05, 3.63) is 56.6 Å². The zero-order valence-electron chi connectivity index (χ0n) is 16.9. The van der Waals surface area contributed by atoms with Crippen molar-refractivity contribution in [3.63, 3.8) is 0 Å². The van der Waals surface area contributed by atoms with Crippen molar-refractivity contribution >= 4 is 51.4 Å². The summed E-state index contributed by atoms with van der Waals surface area (Å²) in [4.78, 5) is 31.6. The van der Waals surface area contributed by atoms with E-state index in [4.69, 9.17) is 17.3 Å². The van der Waals surface area contributed by atoms with Crippen LogP contribution in [0.2, 0.25) is 5.02 Å². The largest absolute Gasteiger partial charge is 0.383 e. The smallest absolute Gasteiger partial charge is 0.255 e. The molecule has 8 nitrogen and oxygen atoms in total. The number of likely N-dealkylation sites (tertiary alicyclic amines) is 1. The van der Waals surface area contributed by atoms with Crippen molar-refractivity contribution in [2.45, 2.75) is 18.4 Å². The normalized spacial score (nSPS) is 20.4. The lowest BCUT2D eigenvalue weighted by molar-refractivity contribution is 0.0783. The fraction of sp³-hybridized carbons (Fsp3) is 0.333. The molecule has 162 valence electrons. The van der Waals surface area contributed by atoms with Crippen LogP contribution in [0.1, 0.15) is 38.6 Å². The van der Waals surface area contributed by atoms with Gasteiger partial charge in [0.25, 0.3) is 11.8 Å². The van der Waals surface area contributed by atoms with Crippen LogP contribution in [-0.2, 0) is 0 Å². The highest BCUT2D eigenvalue weighted by molar-refractivity contribution is 9.10. The Kier molecular flexibility index (Phi) is 6.15. The summed E-state index contributed by atoms with van der Waals surface area (Å²) in [7, 11) is 1.89. The maximum Gasteiger partial charge on any atom is 0.255 e. The molecule has 1 saturated heterocycles. The standard InChI is InChI=1S/C21H22BrClN6O2/c1-28-10-14(9-26-28)13-6-18(19(24)25-8-13)20(30)27-17-2-3-29(11-17)21(31)12-4-15(22)7-16(23)5-12/h4-9,14,17H,2-3,10-11H2,1H3,(H2,24,25)(H,27,30)/t14?,17-/m0/s1. The molecule has 10 heteroatoms. The Hall–Kier alpha value is -2.65. The number of aromatic nitrogens is 1. The lowest BCUT2D eigenvalue weighted by atomic mass is 10.0. The molecular weight excluding hydrogens is 484 g/mol. The summed E-state index contributed by atoms with van der Waals surface area (Å²) in [6, 6.07) is 6.72. The average molecular weight is 506 g/mol. The van der Waals surface area contributed by atoms with Gasteiger partial charge in [-0.1, -0.05) is 27.5 Å². The minimum atomic E-state index is -0.292. The van der Waals surface area contributed by atoms with Crippen LogP contribution in [-0.4, -0.2) is 65.6 Å². The van der Waals surface area contributed by atoms with Crippen LogP contribution >= 0.6 is 27.5 Å². The lowest BCUT2D eigenvalue weighted by Gasteiger charge is -2.18. The Morgan fingerprint density at radius 3 is 2.77 bits per heavy atom. The molecule has 0 saturated carbocycles. The number of nitrogens with two attached hydrogens (primary N) is 1. The molecule has 2 atom stereocenters. The molecule has 1 aromatic heterocycles. The predicted octanol–water partition coefficient (Wildman–Crippen LogP) is 2.74. The molecule has 31 heavy (non-hydrogen) atoms. The van der Waals surface area contributed by atoms with E-state index in [0.717, 1.165) is 16.6 Å². The van der Waals surface area contributed by atoms with Gasteiger partial charge in [-0.25, -0.2) is 4.98 Å². The highest BCUT2D eigenvalue weighted by Gasteiger charge is 2.29. The number of rotatable bonds is 4. The van der Waals surface area contributed by atoms with E-state index >= 15 is 0 Å². The molecule has 0 radical (unpaired) electrons. The number of likely N-dealkylation sites (N-methyl/N-ethyl adjacent to an activating group) is 1. The van der Waals surface area contributed by atoms with E-state index in [9.17, 15) is 9.59 Å². The van der Waals surface area contributed by atoms with Crippen molar-refractivity contribution in [2.75, 3.05) is 32.4 Å². The highest BCUT2D eigenvalue weighted by Crippen LogP contribution is 2.24. The molecule has 2 aliphatic rings. The number of nitrogens with zero attached hydrogens (tertiary/aromatic N) is 4. The van der Waals surface area contributed by atoms with Crippen LogP contribution in [0, 0.1) is 0 Å². The van der Waals surface area contributed by atoms with Crippen molar-refractivity contribution in [3.8, 4) is 0 Å². The van der Waals surface area contributed by atoms with E-state index in [0.29, 0.717) is 35.7 Å². The molecule has 2 aromatic rings. The van der Waals surface area contributed by atoms with Crippen molar-refractivity contribution in [1.29, 1.82) is 0 Å². The highest BCUT2D eigenvalue weighted by atomic mass is 79.9. The lowest BCUT2D eigenvalue weighted by Crippen LogP contribution is -2.38. The molecule has 4 rings (SSSR count). The Morgan fingerprint density at radius 2 is 2.06 bits per heavy atom. The summed E-state index contributed by atoms with van der Waals surface area (Å²) in [5, 5.41) is 9.55. The monoisotopic (exact) mass is 504 g/mol. The molecular formula is C21H22BrClN6O2. The van der Waals surface area contributed by atoms with E-state index in [1.165, 1.54) is 0 Å². The van der Waals surface area contributed by atoms with Gasteiger partial charge in [-0.15, -0.1) is 0 Å². The van der Waals surface area contributed by atoms with Gasteiger partial charge in [-0.3, -0.25) is 14.6 Å². The predicted molar refractivity (Wildman–Crippen MR) is 123 cm³/mol. The summed E-state index contributed by atoms with van der Waals surface area (Å²) in [5.74, 6) is -0.159. The number of benzene rings is 1. The van der Waals surface area contributed by atoms with Crippen molar-refractivity contribution in [1.82, 2.24) is 20.2 Å². The summed E-state index contributed by atoms with van der Waals surface area (Å²) in [6.07, 6.45) is 4.18. The summed E-state index contributed by atoms with van der Waals surface area (Å²) in [6.45, 7) is 1.69. The van der Waals surface area contributed by atoms with E-state index in [2.05, 4.69) is 31.3 Å². The van der Waals surface area contributed by atoms with Gasteiger partial charge in [0.15, 0.2) is 0 Å². The number of halogens is 2. The third-order valence-electron chi connectivity index (χ3n) is 5.44. The molecule has 3 N–H and O–H groups in total. The second-order valence-electron chi connectivity index (χ2n) is 7.78. The number of anilines is 1. The van der Waals surface area contributed by atoms with Gasteiger partial charge in [-0.05, 0) is 36.2 Å². The Morgan fingerprint density at radius 1 is 1.26 bits per heavy atom. The Labute approximate surface area is 193 Å². The number of amides is 2. The second-order valence-corrected chi connectivity index (χ2v) is 9.13. The first-order valence-electron chi connectivity index (χ1n) is 9.87. The number of nitrogens with one attached hydrogen (secondary N) is 1. The third kappa shape index (κ3) is 4.83. The summed E-state index contributed by atoms with van der Waals surface area (Å²) < 4.78 is 0.744. The third-order valence-corrected chi connectivity index (χ3v) is 6.11. The van der Waals surface area contributed by atoms with E-state index in [1.54, 1.807) is 35.4 Å². The number of hydrazone groups is 1. The van der Waals surface area contributed by atoms with Crippen molar-refractivity contribution in [2.24, 2.45) is 5.10 Å². The zero-order valence-corrected chi connectivity index (χ0v) is 19.2. The zero-order chi connectivity index (χ0) is 22.1. The minimum absolute atomic E-state index is 0.0706. The first-order valence-corrected chi connectivity index (χ1v) is 11.0. The van der Waals surface area contributed by atoms with Crippen LogP contribution < -0.4 is 11.1 Å². The molecule has 0 aliphatic carbocycles. The van der Waals surface area contributed by atoms with Crippen LogP contribution in [0.4, 0.5) is 5.82 Å². The van der Waals surface area contributed by atoms with E-state index in [-0.39, 0.29) is 29.6 Å². The topological polar surface area (TPSA) is 104 Å². The van der Waals surface area contributed by atoms with Gasteiger partial charge >= 0.3 is 0 Å². The number of hydrogen-bond donors (Lipinski definition) is 2. The van der Waals surface area contributed by atoms with Gasteiger partial charge in [0.1, 0.15) is 5.82 Å². The molecule has 0 bridgehead atoms. The van der Waals surface area contributed by atoms with Gasteiger partial charge in [0.05, 0.1) is 5.56 Å². The summed E-state index contributed by atoms with van der Waals surface area (Å²) in [5.41, 5.74) is 7.71. The number of carbonyl (C=O) groups excluding carboxylic acids is 2. The number of pyridine rings is 1. The van der Waals surface area contributed by atoms with Gasteiger partial charge in [-0.2, -0.15) is 5.10 Å². The van der Waals surface area contributed by atoms with Crippen LogP contribution in [0.3, 0.4) is 0 Å². The average Bonchev–Trinajstić information content (AvgIpc) is 3.36. The SMILES string of the molecule is CN1CC(c2cnc(N)c(C(=O)N[C@H]3CCN(C(=O)c4cc(Cl)cc(Br)c4)C3)c2)C=N1. The second kappa shape index (κ2) is 8.84. The quantitative estimate of drug-likeness (QED) is 0.665. The number of hydrogen-bond acceptors (Lipinski definition) is 6. The Balaban J connectivity index is 1.42. The molecule has 2 aliphatic heterocycles. The van der Waals surface area contributed by atoms with Crippen LogP contribution in [0.15, 0.2) is 40.0 Å². The fourth-order valence-corrected chi connectivity index (χ4v) is 4.69. The van der Waals surface area contributed by atoms with Crippen LogP contribution in [0.5, 0.6) is 0 Å². The molecule has 1 aromatic carbocycles. The number of carbonyl (C=O) groups is 2. The first-order chi connectivity index (χ1) is 14.8. The molecule has 2 amide bonds. The van der Waals surface area contributed by atoms with E-state index < -0.39 is 0 Å². The molecule has 1 unspecified atom stereocenters. The number of nitrogen functional groups attached to an aromatic ring is 1. The van der Waals surface area contributed by atoms with E-state index in [1.807, 2.05) is 18.3 Å². The minimum Gasteiger partial charge on any atom is -0.383 e. The van der Waals surface area contributed by atoms with Crippen LogP contribution in [0.25, 0.3) is 0 Å².